The molecule has 0 aromatic heterocycles. The van der Waals surface area contributed by atoms with E-state index in [2.05, 4.69) is 17.6 Å². The van der Waals surface area contributed by atoms with E-state index in [0.29, 0.717) is 5.92 Å². The van der Waals surface area contributed by atoms with Gasteiger partial charge in [0, 0.05) is 10.9 Å². The van der Waals surface area contributed by atoms with Crippen molar-refractivity contribution in [3.05, 3.63) is 24.3 Å². The van der Waals surface area contributed by atoms with Gasteiger partial charge in [-0.15, -0.1) is 11.8 Å². The number of esters is 1. The lowest BCUT2D eigenvalue weighted by Crippen LogP contribution is -2.46. The quantitative estimate of drug-likeness (QED) is 0.755. The number of rotatable bonds is 5. The van der Waals surface area contributed by atoms with Crippen LogP contribution in [0.15, 0.2) is 29.2 Å². The molecule has 27 heavy (non-hydrogen) atoms. The molecule has 1 aromatic carbocycles. The highest BCUT2D eigenvalue weighted by molar-refractivity contribution is 8.01. The summed E-state index contributed by atoms with van der Waals surface area (Å²) in [7, 11) is 0. The van der Waals surface area contributed by atoms with Crippen molar-refractivity contribution in [2.45, 2.75) is 68.2 Å². The molecule has 0 radical (unpaired) electrons. The van der Waals surface area contributed by atoms with Gasteiger partial charge in [-0.1, -0.05) is 31.9 Å². The Labute approximate surface area is 163 Å². The first-order chi connectivity index (χ1) is 12.9. The van der Waals surface area contributed by atoms with E-state index < -0.39 is 17.3 Å². The van der Waals surface area contributed by atoms with Crippen LogP contribution in [0.1, 0.15) is 46.0 Å². The van der Waals surface area contributed by atoms with Crippen LogP contribution in [-0.4, -0.2) is 35.2 Å². The summed E-state index contributed by atoms with van der Waals surface area (Å²) in [4.78, 5) is 37.7. The molecule has 7 heteroatoms. The molecule has 0 spiro atoms. The smallest absolute Gasteiger partial charge is 0.308 e. The van der Waals surface area contributed by atoms with Crippen molar-refractivity contribution in [2.24, 2.45) is 5.92 Å². The van der Waals surface area contributed by atoms with Crippen LogP contribution in [0.3, 0.4) is 0 Å². The van der Waals surface area contributed by atoms with Crippen LogP contribution in [0.4, 0.5) is 5.69 Å². The first-order valence-corrected chi connectivity index (χ1v) is 10.4. The van der Waals surface area contributed by atoms with Crippen LogP contribution in [0.2, 0.25) is 0 Å². The van der Waals surface area contributed by atoms with Crippen LogP contribution in [-0.2, 0) is 19.1 Å². The van der Waals surface area contributed by atoms with Gasteiger partial charge in [0.2, 0.25) is 5.91 Å². The van der Waals surface area contributed by atoms with Gasteiger partial charge in [-0.05, 0) is 37.8 Å². The molecule has 2 amide bonds. The summed E-state index contributed by atoms with van der Waals surface area (Å²) in [6, 6.07) is 7.61. The Morgan fingerprint density at radius 2 is 2.04 bits per heavy atom. The summed E-state index contributed by atoms with van der Waals surface area (Å²) in [6.07, 6.45) is 3.44. The molecule has 2 aliphatic rings. The van der Waals surface area contributed by atoms with E-state index in [4.69, 9.17) is 4.74 Å². The Kier molecular flexibility index (Phi) is 6.42. The fourth-order valence-electron chi connectivity index (χ4n) is 3.51. The number of hydrogen-bond donors (Lipinski definition) is 2. The summed E-state index contributed by atoms with van der Waals surface area (Å²) >= 11 is 1.34. The number of ether oxygens (including phenoxy) is 1. The van der Waals surface area contributed by atoms with Crippen molar-refractivity contribution in [3.8, 4) is 0 Å². The number of thioether (sulfide) groups is 1. The Balaban J connectivity index is 1.50. The van der Waals surface area contributed by atoms with E-state index in [9.17, 15) is 14.4 Å². The van der Waals surface area contributed by atoms with Crippen LogP contribution in [0.25, 0.3) is 0 Å². The van der Waals surface area contributed by atoms with Crippen molar-refractivity contribution in [1.29, 1.82) is 0 Å². The van der Waals surface area contributed by atoms with Crippen molar-refractivity contribution in [2.75, 3.05) is 5.32 Å². The topological polar surface area (TPSA) is 84.5 Å². The summed E-state index contributed by atoms with van der Waals surface area (Å²) in [5.74, 6) is -0.591. The summed E-state index contributed by atoms with van der Waals surface area (Å²) in [5.41, 5.74) is 0.756. The normalized spacial score (nSPS) is 25.7. The number of hydrogen-bond acceptors (Lipinski definition) is 5. The average Bonchev–Trinajstić information content (AvgIpc) is 2.64. The Morgan fingerprint density at radius 3 is 2.81 bits per heavy atom. The lowest BCUT2D eigenvalue weighted by Gasteiger charge is -2.30. The Bertz CT molecular complexity index is 724. The summed E-state index contributed by atoms with van der Waals surface area (Å²) in [5, 5.41) is 5.25. The van der Waals surface area contributed by atoms with Gasteiger partial charge in [0.05, 0.1) is 17.4 Å². The molecule has 2 N–H and O–H groups in total. The van der Waals surface area contributed by atoms with Gasteiger partial charge in [0.25, 0.3) is 5.91 Å². The predicted octanol–water partition coefficient (Wildman–Crippen LogP) is 3.12. The van der Waals surface area contributed by atoms with Crippen LogP contribution in [0.5, 0.6) is 0 Å². The van der Waals surface area contributed by atoms with Gasteiger partial charge in [-0.3, -0.25) is 14.4 Å². The second-order valence-electron chi connectivity index (χ2n) is 7.30. The maximum atomic E-state index is 12.3. The van der Waals surface area contributed by atoms with E-state index in [1.165, 1.54) is 18.2 Å². The molecule has 0 saturated heterocycles. The molecule has 4 atom stereocenters. The van der Waals surface area contributed by atoms with E-state index in [1.807, 2.05) is 24.3 Å². The van der Waals surface area contributed by atoms with E-state index in [0.717, 1.165) is 29.8 Å². The van der Waals surface area contributed by atoms with Gasteiger partial charge in [0.1, 0.15) is 0 Å². The third-order valence-electron chi connectivity index (χ3n) is 5.18. The van der Waals surface area contributed by atoms with E-state index in [-0.39, 0.29) is 24.3 Å². The number of carbonyl (C=O) groups is 3. The molecular weight excluding hydrogens is 364 g/mol. The molecule has 6 nitrogen and oxygen atoms in total. The predicted molar refractivity (Wildman–Crippen MR) is 104 cm³/mol. The fourth-order valence-corrected chi connectivity index (χ4v) is 4.60. The highest BCUT2D eigenvalue weighted by Gasteiger charge is 2.31. The van der Waals surface area contributed by atoms with Crippen LogP contribution >= 0.6 is 11.8 Å². The highest BCUT2D eigenvalue weighted by atomic mass is 32.2. The molecule has 0 unspecified atom stereocenters. The molecule has 1 heterocycles. The number of carbonyl (C=O) groups excluding carboxylic acids is 3. The Hall–Kier alpha value is -2.02. The minimum atomic E-state index is -0.865. The highest BCUT2D eigenvalue weighted by Crippen LogP contribution is 2.36. The van der Waals surface area contributed by atoms with Crippen molar-refractivity contribution in [1.82, 2.24) is 5.32 Å². The molecule has 146 valence electrons. The standard InChI is InChI=1S/C20H26N2O4S/c1-12-7-3-4-8-14(12)21-19(24)13(2)26-18(23)11-17-20(25)22-15-9-5-6-10-16(15)27-17/h5-6,9-10,12-14,17H,3-4,7-8,11H2,1-2H3,(H,21,24)(H,22,25)/t12-,13+,14+,17+/m0/s1. The van der Waals surface area contributed by atoms with Gasteiger partial charge in [0.15, 0.2) is 6.10 Å². The fraction of sp³-hybridized carbons (Fsp3) is 0.550. The molecule has 1 aromatic rings. The Morgan fingerprint density at radius 1 is 1.30 bits per heavy atom. The zero-order valence-electron chi connectivity index (χ0n) is 15.7. The van der Waals surface area contributed by atoms with Crippen LogP contribution < -0.4 is 10.6 Å². The molecule has 3 rings (SSSR count). The van der Waals surface area contributed by atoms with Crippen LogP contribution in [0, 0.1) is 5.92 Å². The number of para-hydroxylation sites is 1. The van der Waals surface area contributed by atoms with E-state index >= 15 is 0 Å². The maximum Gasteiger partial charge on any atom is 0.308 e. The molecule has 1 saturated carbocycles. The van der Waals surface area contributed by atoms with Crippen molar-refractivity contribution >= 4 is 35.2 Å². The minimum Gasteiger partial charge on any atom is -0.453 e. The number of nitrogens with one attached hydrogen (secondary N) is 2. The van der Waals surface area contributed by atoms with Gasteiger partial charge < -0.3 is 15.4 Å². The molecule has 0 bridgehead atoms. The summed E-state index contributed by atoms with van der Waals surface area (Å²) in [6.45, 7) is 3.71. The van der Waals surface area contributed by atoms with Gasteiger partial charge >= 0.3 is 5.97 Å². The largest absolute Gasteiger partial charge is 0.453 e. The average molecular weight is 391 g/mol. The second kappa shape index (κ2) is 8.78. The second-order valence-corrected chi connectivity index (χ2v) is 8.55. The van der Waals surface area contributed by atoms with Crippen molar-refractivity contribution in [3.63, 3.8) is 0 Å². The molecule has 1 aliphatic heterocycles. The number of amides is 2. The van der Waals surface area contributed by atoms with Crippen molar-refractivity contribution < 1.29 is 19.1 Å². The monoisotopic (exact) mass is 390 g/mol. The number of benzene rings is 1. The third-order valence-corrected chi connectivity index (χ3v) is 6.45. The van der Waals surface area contributed by atoms with Gasteiger partial charge in [-0.25, -0.2) is 0 Å². The molecule has 1 aliphatic carbocycles. The maximum absolute atomic E-state index is 12.3. The summed E-state index contributed by atoms with van der Waals surface area (Å²) < 4.78 is 5.28. The SMILES string of the molecule is C[C@@H](OC(=O)C[C@H]1Sc2ccccc2NC1=O)C(=O)N[C@@H]1CCCC[C@@H]1C. The number of anilines is 1. The molecule has 1 fully saturated rings. The number of fused-ring (bicyclic) bond motifs is 1. The first-order valence-electron chi connectivity index (χ1n) is 9.50. The molecular formula is C20H26N2O4S. The minimum absolute atomic E-state index is 0.0672. The lowest BCUT2D eigenvalue weighted by atomic mass is 9.86. The zero-order chi connectivity index (χ0) is 19.4. The van der Waals surface area contributed by atoms with E-state index in [1.54, 1.807) is 6.92 Å². The third kappa shape index (κ3) is 5.03. The van der Waals surface area contributed by atoms with Gasteiger partial charge in [-0.2, -0.15) is 0 Å². The zero-order valence-corrected chi connectivity index (χ0v) is 16.5. The first kappa shape index (κ1) is 19.7. The lowest BCUT2D eigenvalue weighted by molar-refractivity contribution is -0.155.